The van der Waals surface area contributed by atoms with E-state index in [2.05, 4.69) is 25.5 Å². The van der Waals surface area contributed by atoms with Gasteiger partial charge in [0.1, 0.15) is 6.10 Å². The Hall–Kier alpha value is -2.15. The minimum Gasteiger partial charge on any atom is -0.460 e. The van der Waals surface area contributed by atoms with Crippen LogP contribution in [0, 0.1) is 13.8 Å². The smallest absolute Gasteiger partial charge is 0.316 e. The molecule has 1 fully saturated rings. The fourth-order valence-corrected chi connectivity index (χ4v) is 3.41. The average Bonchev–Trinajstić information content (AvgIpc) is 2.95. The van der Waals surface area contributed by atoms with Crippen LogP contribution in [0.3, 0.4) is 0 Å². The van der Waals surface area contributed by atoms with Crippen molar-refractivity contribution < 1.29 is 9.53 Å². The van der Waals surface area contributed by atoms with E-state index in [1.165, 1.54) is 12.4 Å². The van der Waals surface area contributed by atoms with Crippen LogP contribution in [0.2, 0.25) is 5.02 Å². The van der Waals surface area contributed by atoms with Crippen molar-refractivity contribution >= 4 is 17.5 Å². The number of hydrogen-bond donors (Lipinski definition) is 2. The maximum absolute atomic E-state index is 12.2. The molecule has 0 aromatic carbocycles. The van der Waals surface area contributed by atoms with Gasteiger partial charge in [-0.1, -0.05) is 11.6 Å². The summed E-state index contributed by atoms with van der Waals surface area (Å²) in [5, 5.41) is 10.8. The summed E-state index contributed by atoms with van der Waals surface area (Å²) in [5.74, 6) is 0.0930. The Labute approximate surface area is 157 Å². The highest BCUT2D eigenvalue weighted by Gasteiger charge is 2.24. The molecule has 0 unspecified atom stereocenters. The topological polar surface area (TPSA) is 92.8 Å². The van der Waals surface area contributed by atoms with Crippen LogP contribution in [-0.4, -0.2) is 38.2 Å². The highest BCUT2D eigenvalue weighted by Crippen LogP contribution is 2.22. The number of aryl methyl sites for hydroxylation is 2. The molecule has 0 saturated heterocycles. The van der Waals surface area contributed by atoms with Crippen molar-refractivity contribution in [3.8, 4) is 6.01 Å². The molecule has 3 rings (SSSR count). The normalized spacial score (nSPS) is 20.0. The highest BCUT2D eigenvalue weighted by molar-refractivity contribution is 6.30. The number of H-pyrrole nitrogens is 1. The number of nitrogens with zero attached hydrogens (tertiary/aromatic N) is 3. The number of carbonyl (C=O) groups excluding carboxylic acids is 1. The van der Waals surface area contributed by atoms with Crippen molar-refractivity contribution in [2.45, 2.75) is 64.5 Å². The predicted octanol–water partition coefficient (Wildman–Crippen LogP) is 2.91. The lowest BCUT2D eigenvalue weighted by Crippen LogP contribution is -2.39. The number of carbonyl (C=O) groups is 1. The molecular weight excluding hydrogens is 354 g/mol. The van der Waals surface area contributed by atoms with Crippen molar-refractivity contribution in [1.82, 2.24) is 25.5 Å². The van der Waals surface area contributed by atoms with Gasteiger partial charge < -0.3 is 10.1 Å². The number of ether oxygens (including phenoxy) is 1. The monoisotopic (exact) mass is 377 g/mol. The molecule has 0 bridgehead atoms. The molecule has 2 heterocycles. The Balaban J connectivity index is 1.39. The van der Waals surface area contributed by atoms with Crippen LogP contribution < -0.4 is 10.1 Å². The number of nitrogens with one attached hydrogen (secondary N) is 2. The molecule has 1 aliphatic rings. The van der Waals surface area contributed by atoms with E-state index in [1.807, 2.05) is 13.8 Å². The van der Waals surface area contributed by atoms with Gasteiger partial charge >= 0.3 is 6.01 Å². The van der Waals surface area contributed by atoms with E-state index in [0.717, 1.165) is 42.6 Å². The molecule has 0 aliphatic heterocycles. The van der Waals surface area contributed by atoms with Crippen LogP contribution in [0.5, 0.6) is 6.01 Å². The van der Waals surface area contributed by atoms with E-state index >= 15 is 0 Å². The van der Waals surface area contributed by atoms with Gasteiger partial charge in [-0.15, -0.1) is 0 Å². The lowest BCUT2D eigenvalue weighted by atomic mass is 9.93. The first kappa shape index (κ1) is 18.6. The van der Waals surface area contributed by atoms with Gasteiger partial charge in [0.05, 0.1) is 23.1 Å². The van der Waals surface area contributed by atoms with Crippen LogP contribution in [0.4, 0.5) is 0 Å². The summed E-state index contributed by atoms with van der Waals surface area (Å²) in [6.07, 6.45) is 7.87. The van der Waals surface area contributed by atoms with Crippen LogP contribution in [0.25, 0.3) is 0 Å². The Morgan fingerprint density at radius 1 is 1.27 bits per heavy atom. The van der Waals surface area contributed by atoms with E-state index in [-0.39, 0.29) is 18.1 Å². The predicted molar refractivity (Wildman–Crippen MR) is 98.2 cm³/mol. The number of aromatic nitrogens is 4. The second-order valence-electron chi connectivity index (χ2n) is 6.76. The molecule has 1 aliphatic carbocycles. The molecule has 0 radical (unpaired) electrons. The molecule has 0 atom stereocenters. The summed E-state index contributed by atoms with van der Waals surface area (Å²) in [7, 11) is 0. The van der Waals surface area contributed by atoms with Crippen molar-refractivity contribution in [2.24, 2.45) is 0 Å². The van der Waals surface area contributed by atoms with Crippen LogP contribution in [-0.2, 0) is 11.2 Å². The molecule has 1 amide bonds. The fraction of sp³-hybridized carbons (Fsp3) is 0.556. The second kappa shape index (κ2) is 8.49. The van der Waals surface area contributed by atoms with Crippen LogP contribution in [0.15, 0.2) is 12.4 Å². The Morgan fingerprint density at radius 3 is 2.58 bits per heavy atom. The van der Waals surface area contributed by atoms with Gasteiger partial charge in [-0.25, -0.2) is 9.97 Å². The number of amides is 1. The molecule has 2 aromatic rings. The summed E-state index contributed by atoms with van der Waals surface area (Å²) in [6, 6.07) is 0.563. The van der Waals surface area contributed by atoms with E-state index in [9.17, 15) is 4.79 Å². The van der Waals surface area contributed by atoms with E-state index in [1.54, 1.807) is 0 Å². The zero-order valence-corrected chi connectivity index (χ0v) is 15.8. The third-order valence-electron chi connectivity index (χ3n) is 4.79. The molecular formula is C18H24ClN5O2. The summed E-state index contributed by atoms with van der Waals surface area (Å²) in [6.45, 7) is 3.95. The van der Waals surface area contributed by atoms with Gasteiger partial charge in [-0.05, 0) is 51.5 Å². The molecule has 140 valence electrons. The van der Waals surface area contributed by atoms with Gasteiger partial charge in [0.2, 0.25) is 5.91 Å². The number of rotatable bonds is 6. The first-order valence-electron chi connectivity index (χ1n) is 8.95. The standard InChI is InChI=1S/C18H24ClN5O2/c1-11-16(12(2)24-23-11)7-8-17(25)22-14-3-5-15(6-4-14)26-18-20-9-13(19)10-21-18/h9-10,14-15H,3-8H2,1-2H3,(H,22,25)(H,23,24). The molecule has 2 aromatic heterocycles. The third kappa shape index (κ3) is 4.94. The minimum atomic E-state index is 0.0838. The van der Waals surface area contributed by atoms with Gasteiger partial charge in [-0.3, -0.25) is 9.89 Å². The Bertz CT molecular complexity index is 719. The number of hydrogen-bond acceptors (Lipinski definition) is 5. The summed E-state index contributed by atoms with van der Waals surface area (Å²) in [5.41, 5.74) is 3.15. The average molecular weight is 378 g/mol. The molecule has 8 heteroatoms. The number of halogens is 1. The van der Waals surface area contributed by atoms with Crippen LogP contribution in [0.1, 0.15) is 49.1 Å². The van der Waals surface area contributed by atoms with Gasteiger partial charge in [-0.2, -0.15) is 5.10 Å². The quantitative estimate of drug-likeness (QED) is 0.807. The number of aromatic amines is 1. The Morgan fingerprint density at radius 2 is 1.96 bits per heavy atom. The minimum absolute atomic E-state index is 0.0838. The maximum Gasteiger partial charge on any atom is 0.316 e. The highest BCUT2D eigenvalue weighted by atomic mass is 35.5. The zero-order chi connectivity index (χ0) is 18.5. The molecule has 26 heavy (non-hydrogen) atoms. The molecule has 2 N–H and O–H groups in total. The SMILES string of the molecule is Cc1n[nH]c(C)c1CCC(=O)NC1CCC(Oc2ncc(Cl)cn2)CC1. The van der Waals surface area contributed by atoms with Crippen molar-refractivity contribution in [1.29, 1.82) is 0 Å². The van der Waals surface area contributed by atoms with Crippen LogP contribution >= 0.6 is 11.6 Å². The Kier molecular flexibility index (Phi) is 6.08. The summed E-state index contributed by atoms with van der Waals surface area (Å²) < 4.78 is 5.78. The zero-order valence-electron chi connectivity index (χ0n) is 15.1. The first-order valence-corrected chi connectivity index (χ1v) is 9.33. The van der Waals surface area contributed by atoms with Gasteiger partial charge in [0, 0.05) is 18.2 Å². The molecule has 1 saturated carbocycles. The lowest BCUT2D eigenvalue weighted by Gasteiger charge is -2.28. The third-order valence-corrected chi connectivity index (χ3v) is 4.99. The van der Waals surface area contributed by atoms with Crippen molar-refractivity contribution in [3.05, 3.63) is 34.4 Å². The van der Waals surface area contributed by atoms with E-state index < -0.39 is 0 Å². The van der Waals surface area contributed by atoms with Crippen molar-refractivity contribution in [2.75, 3.05) is 0 Å². The second-order valence-corrected chi connectivity index (χ2v) is 7.19. The van der Waals surface area contributed by atoms with E-state index in [0.29, 0.717) is 23.9 Å². The van der Waals surface area contributed by atoms with Gasteiger partial charge in [0.25, 0.3) is 0 Å². The molecule has 7 nitrogen and oxygen atoms in total. The summed E-state index contributed by atoms with van der Waals surface area (Å²) >= 11 is 5.77. The van der Waals surface area contributed by atoms with Crippen molar-refractivity contribution in [3.63, 3.8) is 0 Å². The van der Waals surface area contributed by atoms with Gasteiger partial charge in [0.15, 0.2) is 0 Å². The maximum atomic E-state index is 12.2. The molecule has 0 spiro atoms. The lowest BCUT2D eigenvalue weighted by molar-refractivity contribution is -0.122. The first-order chi connectivity index (χ1) is 12.5. The summed E-state index contributed by atoms with van der Waals surface area (Å²) in [4.78, 5) is 20.3. The largest absolute Gasteiger partial charge is 0.460 e. The van der Waals surface area contributed by atoms with E-state index in [4.69, 9.17) is 16.3 Å². The fourth-order valence-electron chi connectivity index (χ4n) is 3.32.